The van der Waals surface area contributed by atoms with Crippen LogP contribution in [0.4, 0.5) is 5.95 Å². The third-order valence-electron chi connectivity index (χ3n) is 5.79. The van der Waals surface area contributed by atoms with Crippen LogP contribution in [-0.4, -0.2) is 36.1 Å². The van der Waals surface area contributed by atoms with Gasteiger partial charge in [-0.2, -0.15) is 0 Å². The zero-order valence-electron chi connectivity index (χ0n) is 16.5. The van der Waals surface area contributed by atoms with Crippen LogP contribution in [-0.2, 0) is 24.2 Å². The van der Waals surface area contributed by atoms with Gasteiger partial charge in [0.15, 0.2) is 0 Å². The summed E-state index contributed by atoms with van der Waals surface area (Å²) in [7, 11) is 1.65. The van der Waals surface area contributed by atoms with Gasteiger partial charge in [0, 0.05) is 43.0 Å². The van der Waals surface area contributed by atoms with Crippen molar-refractivity contribution in [1.29, 1.82) is 0 Å². The van der Waals surface area contributed by atoms with Gasteiger partial charge in [-0.05, 0) is 50.2 Å². The molecule has 1 aliphatic heterocycles. The van der Waals surface area contributed by atoms with Gasteiger partial charge in [-0.3, -0.25) is 4.79 Å². The molecule has 1 aromatic carbocycles. The van der Waals surface area contributed by atoms with Crippen LogP contribution in [0.25, 0.3) is 0 Å². The zero-order valence-corrected chi connectivity index (χ0v) is 16.5. The minimum atomic E-state index is -0.0216. The second kappa shape index (κ2) is 8.59. The molecule has 1 aliphatic carbocycles. The van der Waals surface area contributed by atoms with Gasteiger partial charge in [0.1, 0.15) is 5.75 Å². The molecule has 2 aliphatic rings. The van der Waals surface area contributed by atoms with Crippen molar-refractivity contribution in [3.8, 4) is 5.75 Å². The SMILES string of the molecule is COc1ccccc1CNC(=O)[C@@H]1CCc2nc(N3CCCCC3)ncc2C1. The first-order valence-electron chi connectivity index (χ1n) is 10.2. The number of methoxy groups -OCH3 is 1. The van der Waals surface area contributed by atoms with Gasteiger partial charge < -0.3 is 15.0 Å². The van der Waals surface area contributed by atoms with Gasteiger partial charge in [0.2, 0.25) is 11.9 Å². The van der Waals surface area contributed by atoms with Crippen molar-refractivity contribution in [2.24, 2.45) is 5.92 Å². The number of carbonyl (C=O) groups excluding carboxylic acids is 1. The number of ether oxygens (including phenoxy) is 1. The highest BCUT2D eigenvalue weighted by Gasteiger charge is 2.27. The van der Waals surface area contributed by atoms with Crippen LogP contribution in [0, 0.1) is 5.92 Å². The lowest BCUT2D eigenvalue weighted by molar-refractivity contribution is -0.125. The first kappa shape index (κ1) is 18.7. The molecule has 2 heterocycles. The van der Waals surface area contributed by atoms with Gasteiger partial charge in [0.25, 0.3) is 0 Å². The molecule has 1 amide bonds. The van der Waals surface area contributed by atoms with E-state index in [0.29, 0.717) is 13.0 Å². The van der Waals surface area contributed by atoms with Gasteiger partial charge in [0.05, 0.1) is 7.11 Å². The number of carbonyl (C=O) groups is 1. The van der Waals surface area contributed by atoms with E-state index >= 15 is 0 Å². The van der Waals surface area contributed by atoms with E-state index in [1.54, 1.807) is 7.11 Å². The molecule has 0 unspecified atom stereocenters. The highest BCUT2D eigenvalue weighted by Crippen LogP contribution is 2.26. The minimum Gasteiger partial charge on any atom is -0.496 e. The molecule has 0 radical (unpaired) electrons. The van der Waals surface area contributed by atoms with Crippen molar-refractivity contribution in [3.63, 3.8) is 0 Å². The molecule has 1 saturated heterocycles. The third-order valence-corrected chi connectivity index (χ3v) is 5.79. The quantitative estimate of drug-likeness (QED) is 0.864. The fraction of sp³-hybridized carbons (Fsp3) is 0.500. The molecule has 28 heavy (non-hydrogen) atoms. The molecule has 1 aromatic heterocycles. The van der Waals surface area contributed by atoms with Gasteiger partial charge in [-0.1, -0.05) is 18.2 Å². The van der Waals surface area contributed by atoms with E-state index in [4.69, 9.17) is 9.72 Å². The lowest BCUT2D eigenvalue weighted by Gasteiger charge is -2.28. The second-order valence-corrected chi connectivity index (χ2v) is 7.66. The lowest BCUT2D eigenvalue weighted by atomic mass is 9.86. The Morgan fingerprint density at radius 2 is 2.07 bits per heavy atom. The Bertz CT molecular complexity index is 833. The van der Waals surface area contributed by atoms with E-state index in [-0.39, 0.29) is 11.8 Å². The number of rotatable bonds is 5. The molecule has 1 fully saturated rings. The zero-order chi connectivity index (χ0) is 19.3. The number of nitrogens with one attached hydrogen (secondary N) is 1. The average molecular weight is 380 g/mol. The molecule has 6 nitrogen and oxygen atoms in total. The Labute approximate surface area is 166 Å². The molecule has 0 spiro atoms. The van der Waals surface area contributed by atoms with Crippen molar-refractivity contribution < 1.29 is 9.53 Å². The van der Waals surface area contributed by atoms with Crippen molar-refractivity contribution in [2.75, 3.05) is 25.1 Å². The minimum absolute atomic E-state index is 0.0216. The number of aryl methyl sites for hydroxylation is 1. The summed E-state index contributed by atoms with van der Waals surface area (Å²) in [5.41, 5.74) is 3.22. The predicted octanol–water partition coefficient (Wildman–Crippen LogP) is 2.90. The molecular weight excluding hydrogens is 352 g/mol. The summed E-state index contributed by atoms with van der Waals surface area (Å²) in [5.74, 6) is 1.73. The number of amides is 1. The standard InChI is InChI=1S/C22H28N4O2/c1-28-20-8-4-3-7-17(20)14-23-21(27)16-9-10-19-18(13-16)15-24-22(25-19)26-11-5-2-6-12-26/h3-4,7-8,15-16H,2,5-6,9-14H2,1H3,(H,23,27)/t16-/m1/s1. The smallest absolute Gasteiger partial charge is 0.225 e. The predicted molar refractivity (Wildman–Crippen MR) is 108 cm³/mol. The summed E-state index contributed by atoms with van der Waals surface area (Å²) in [6.07, 6.45) is 8.06. The number of hydrogen-bond donors (Lipinski definition) is 1. The van der Waals surface area contributed by atoms with Gasteiger partial charge in [-0.25, -0.2) is 9.97 Å². The van der Waals surface area contributed by atoms with Gasteiger partial charge >= 0.3 is 0 Å². The first-order valence-corrected chi connectivity index (χ1v) is 10.2. The Kier molecular flexibility index (Phi) is 5.74. The summed E-state index contributed by atoms with van der Waals surface area (Å²) >= 11 is 0. The summed E-state index contributed by atoms with van der Waals surface area (Å²) in [4.78, 5) is 24.4. The Morgan fingerprint density at radius 1 is 1.25 bits per heavy atom. The van der Waals surface area contributed by atoms with E-state index in [1.807, 2.05) is 30.5 Å². The molecule has 1 N–H and O–H groups in total. The Balaban J connectivity index is 1.37. The Hall–Kier alpha value is -2.63. The largest absolute Gasteiger partial charge is 0.496 e. The maximum absolute atomic E-state index is 12.7. The lowest BCUT2D eigenvalue weighted by Crippen LogP contribution is -2.35. The van der Waals surface area contributed by atoms with Gasteiger partial charge in [-0.15, -0.1) is 0 Å². The number of anilines is 1. The second-order valence-electron chi connectivity index (χ2n) is 7.66. The van der Waals surface area contributed by atoms with Crippen LogP contribution in [0.3, 0.4) is 0 Å². The molecule has 148 valence electrons. The monoisotopic (exact) mass is 380 g/mol. The van der Waals surface area contributed by atoms with Crippen molar-refractivity contribution in [2.45, 2.75) is 45.1 Å². The van der Waals surface area contributed by atoms with Crippen LogP contribution in [0.15, 0.2) is 30.5 Å². The van der Waals surface area contributed by atoms with Crippen molar-refractivity contribution in [3.05, 3.63) is 47.3 Å². The highest BCUT2D eigenvalue weighted by atomic mass is 16.5. The number of aromatic nitrogens is 2. The van der Waals surface area contributed by atoms with Crippen LogP contribution in [0.5, 0.6) is 5.75 Å². The van der Waals surface area contributed by atoms with Crippen LogP contribution < -0.4 is 15.0 Å². The number of benzene rings is 1. The number of nitrogens with zero attached hydrogens (tertiary/aromatic N) is 3. The number of para-hydroxylation sites is 1. The van der Waals surface area contributed by atoms with Crippen LogP contribution in [0.1, 0.15) is 42.5 Å². The number of hydrogen-bond acceptors (Lipinski definition) is 5. The van der Waals surface area contributed by atoms with Crippen molar-refractivity contribution >= 4 is 11.9 Å². The summed E-state index contributed by atoms with van der Waals surface area (Å²) in [6, 6.07) is 7.78. The normalized spacial score (nSPS) is 19.0. The maximum Gasteiger partial charge on any atom is 0.225 e. The van der Waals surface area contributed by atoms with E-state index < -0.39 is 0 Å². The van der Waals surface area contributed by atoms with E-state index in [1.165, 1.54) is 19.3 Å². The molecule has 0 saturated carbocycles. The number of fused-ring (bicyclic) bond motifs is 1. The fourth-order valence-corrected chi connectivity index (χ4v) is 4.14. The summed E-state index contributed by atoms with van der Waals surface area (Å²) in [5, 5.41) is 3.07. The molecule has 1 atom stereocenters. The van der Waals surface area contributed by atoms with Crippen LogP contribution in [0.2, 0.25) is 0 Å². The molecule has 0 bridgehead atoms. The molecule has 4 rings (SSSR count). The van der Waals surface area contributed by atoms with Crippen molar-refractivity contribution in [1.82, 2.24) is 15.3 Å². The summed E-state index contributed by atoms with van der Waals surface area (Å²) in [6.45, 7) is 2.58. The summed E-state index contributed by atoms with van der Waals surface area (Å²) < 4.78 is 5.36. The average Bonchev–Trinajstić information content (AvgIpc) is 2.77. The Morgan fingerprint density at radius 3 is 2.89 bits per heavy atom. The highest BCUT2D eigenvalue weighted by molar-refractivity contribution is 5.79. The topological polar surface area (TPSA) is 67.3 Å². The molecular formula is C22H28N4O2. The molecule has 6 heteroatoms. The molecule has 2 aromatic rings. The van der Waals surface area contributed by atoms with Crippen LogP contribution >= 0.6 is 0 Å². The third kappa shape index (κ3) is 4.11. The first-order chi connectivity index (χ1) is 13.7. The van der Waals surface area contributed by atoms with E-state index in [2.05, 4.69) is 15.2 Å². The fourth-order valence-electron chi connectivity index (χ4n) is 4.14. The maximum atomic E-state index is 12.7. The van der Waals surface area contributed by atoms with E-state index in [0.717, 1.165) is 54.4 Å². The number of piperidine rings is 1. The van der Waals surface area contributed by atoms with E-state index in [9.17, 15) is 4.79 Å².